The quantitative estimate of drug-likeness (QED) is 0.358. The zero-order valence-electron chi connectivity index (χ0n) is 17.0. The summed E-state index contributed by atoms with van der Waals surface area (Å²) in [5, 5.41) is 31.1. The summed E-state index contributed by atoms with van der Waals surface area (Å²) in [5.41, 5.74) is 2.43. The molecular weight excluding hydrogens is 398 g/mol. The maximum atomic E-state index is 11.8. The van der Waals surface area contributed by atoms with Crippen molar-refractivity contribution in [3.63, 3.8) is 0 Å². The van der Waals surface area contributed by atoms with E-state index in [4.69, 9.17) is 9.47 Å². The summed E-state index contributed by atoms with van der Waals surface area (Å²) in [6, 6.07) is 22.1. The Bertz CT molecular complexity index is 974. The first-order chi connectivity index (χ1) is 15.1. The van der Waals surface area contributed by atoms with Crippen LogP contribution in [-0.4, -0.2) is 28.4 Å². The molecule has 0 amide bonds. The summed E-state index contributed by atoms with van der Waals surface area (Å²) in [5.74, 6) is -0.574. The molecule has 0 fully saturated rings. The number of rotatable bonds is 11. The molecule has 0 unspecified atom stereocenters. The van der Waals surface area contributed by atoms with E-state index in [1.54, 1.807) is 6.07 Å². The van der Waals surface area contributed by atoms with Crippen LogP contribution in [-0.2, 0) is 24.6 Å². The van der Waals surface area contributed by atoms with Crippen LogP contribution >= 0.6 is 0 Å². The van der Waals surface area contributed by atoms with Crippen LogP contribution in [0, 0.1) is 10.1 Å². The van der Waals surface area contributed by atoms with Gasteiger partial charge in [0.15, 0.2) is 0 Å². The highest BCUT2D eigenvalue weighted by molar-refractivity contribution is 5.54. The molecule has 0 heterocycles. The van der Waals surface area contributed by atoms with Crippen LogP contribution in [0.2, 0.25) is 0 Å². The molecule has 0 aliphatic heterocycles. The first-order valence-electron chi connectivity index (χ1n) is 9.93. The van der Waals surface area contributed by atoms with Crippen LogP contribution in [0.3, 0.4) is 0 Å². The zero-order valence-corrected chi connectivity index (χ0v) is 17.0. The lowest BCUT2D eigenvalue weighted by Gasteiger charge is -2.19. The number of aliphatic hydroxyl groups is 2. The van der Waals surface area contributed by atoms with Crippen LogP contribution < -0.4 is 4.74 Å². The second kappa shape index (κ2) is 11.2. The Labute approximate surface area is 180 Å². The number of hydrogen-bond acceptors (Lipinski definition) is 6. The summed E-state index contributed by atoms with van der Waals surface area (Å²) in [7, 11) is 0. The van der Waals surface area contributed by atoms with Crippen LogP contribution in [0.1, 0.15) is 28.2 Å². The monoisotopic (exact) mass is 423 g/mol. The number of nitro benzene ring substituents is 1. The van der Waals surface area contributed by atoms with Crippen molar-refractivity contribution in [2.75, 3.05) is 13.2 Å². The third kappa shape index (κ3) is 6.11. The Morgan fingerprint density at radius 2 is 1.35 bits per heavy atom. The van der Waals surface area contributed by atoms with Gasteiger partial charge in [0, 0.05) is 12.0 Å². The van der Waals surface area contributed by atoms with Crippen molar-refractivity contribution >= 4 is 5.69 Å². The summed E-state index contributed by atoms with van der Waals surface area (Å²) in [6.07, 6.45) is 0. The van der Waals surface area contributed by atoms with Crippen LogP contribution in [0.5, 0.6) is 5.75 Å². The van der Waals surface area contributed by atoms with Gasteiger partial charge in [0.2, 0.25) is 0 Å². The molecule has 3 aromatic rings. The maximum absolute atomic E-state index is 11.8. The van der Waals surface area contributed by atoms with Gasteiger partial charge in [-0.3, -0.25) is 10.1 Å². The minimum atomic E-state index is -0.828. The molecule has 7 nitrogen and oxygen atoms in total. The van der Waals surface area contributed by atoms with E-state index in [0.717, 1.165) is 11.1 Å². The summed E-state index contributed by atoms with van der Waals surface area (Å²) in [6.45, 7) is -0.165. The van der Waals surface area contributed by atoms with Gasteiger partial charge in [0.25, 0.3) is 5.69 Å². The average Bonchev–Trinajstić information content (AvgIpc) is 2.80. The van der Waals surface area contributed by atoms with E-state index in [0.29, 0.717) is 12.2 Å². The van der Waals surface area contributed by atoms with Gasteiger partial charge in [-0.1, -0.05) is 60.7 Å². The second-order valence-corrected chi connectivity index (χ2v) is 7.10. The highest BCUT2D eigenvalue weighted by Gasteiger charge is 2.27. The summed E-state index contributed by atoms with van der Waals surface area (Å²) >= 11 is 0. The van der Waals surface area contributed by atoms with E-state index in [1.807, 2.05) is 60.7 Å². The van der Waals surface area contributed by atoms with Crippen molar-refractivity contribution < 1.29 is 24.6 Å². The van der Waals surface area contributed by atoms with Gasteiger partial charge in [-0.05, 0) is 22.8 Å². The minimum absolute atomic E-state index is 0.153. The molecule has 3 rings (SSSR count). The smallest absolute Gasteiger partial charge is 0.277 e. The second-order valence-electron chi connectivity index (χ2n) is 7.10. The molecule has 0 saturated carbocycles. The number of ether oxygens (including phenoxy) is 2. The van der Waals surface area contributed by atoms with Gasteiger partial charge in [-0.25, -0.2) is 0 Å². The lowest BCUT2D eigenvalue weighted by atomic mass is 9.96. The Hall–Kier alpha value is -3.26. The topological polar surface area (TPSA) is 102 Å². The lowest BCUT2D eigenvalue weighted by Crippen LogP contribution is -2.14. The summed E-state index contributed by atoms with van der Waals surface area (Å²) < 4.78 is 11.7. The van der Waals surface area contributed by atoms with Crippen molar-refractivity contribution in [2.24, 2.45) is 0 Å². The van der Waals surface area contributed by atoms with Gasteiger partial charge in [0.1, 0.15) is 12.4 Å². The number of nitrogens with zero attached hydrogens (tertiary/aromatic N) is 1. The minimum Gasteiger partial charge on any atom is -0.488 e. The number of nitro groups is 1. The highest BCUT2D eigenvalue weighted by Crippen LogP contribution is 2.37. The Morgan fingerprint density at radius 1 is 0.806 bits per heavy atom. The Kier molecular flexibility index (Phi) is 8.12. The van der Waals surface area contributed by atoms with Gasteiger partial charge in [-0.2, -0.15) is 0 Å². The summed E-state index contributed by atoms with van der Waals surface area (Å²) in [4.78, 5) is 11.3. The largest absolute Gasteiger partial charge is 0.488 e. The number of aliphatic hydroxyl groups excluding tert-OH is 2. The van der Waals surface area contributed by atoms with Crippen molar-refractivity contribution in [1.29, 1.82) is 0 Å². The molecule has 0 atom stereocenters. The van der Waals surface area contributed by atoms with Crippen molar-refractivity contribution in [3.8, 4) is 5.75 Å². The predicted molar refractivity (Wildman–Crippen MR) is 116 cm³/mol. The van der Waals surface area contributed by atoms with E-state index in [1.165, 1.54) is 6.07 Å². The van der Waals surface area contributed by atoms with Crippen LogP contribution in [0.4, 0.5) is 5.69 Å². The maximum Gasteiger partial charge on any atom is 0.277 e. The molecule has 0 spiro atoms. The van der Waals surface area contributed by atoms with E-state index < -0.39 is 24.1 Å². The Balaban J connectivity index is 1.88. The third-order valence-corrected chi connectivity index (χ3v) is 4.84. The lowest BCUT2D eigenvalue weighted by molar-refractivity contribution is -0.386. The van der Waals surface area contributed by atoms with Crippen molar-refractivity contribution in [2.45, 2.75) is 25.7 Å². The first kappa shape index (κ1) is 22.4. The predicted octanol–water partition coefficient (Wildman–Crippen LogP) is 3.96. The van der Waals surface area contributed by atoms with Gasteiger partial charge in [-0.15, -0.1) is 0 Å². The van der Waals surface area contributed by atoms with E-state index in [-0.39, 0.29) is 30.2 Å². The normalized spacial score (nSPS) is 10.9. The van der Waals surface area contributed by atoms with Crippen molar-refractivity contribution in [1.82, 2.24) is 0 Å². The molecule has 0 radical (unpaired) electrons. The standard InChI is InChI=1S/C24H25NO6/c26-13-21(14-27)24-22(25(28)29)11-20(16-30-15-18-7-3-1-4-8-18)12-23(24)31-17-19-9-5-2-6-10-19/h1-12,21,26-27H,13-17H2. The SMILES string of the molecule is O=[N+]([O-])c1cc(COCc2ccccc2)cc(OCc2ccccc2)c1C(CO)CO. The van der Waals surface area contributed by atoms with E-state index in [2.05, 4.69) is 0 Å². The van der Waals surface area contributed by atoms with Crippen LogP contribution in [0.15, 0.2) is 72.8 Å². The van der Waals surface area contributed by atoms with Crippen molar-refractivity contribution in [3.05, 3.63) is 105 Å². The fourth-order valence-corrected chi connectivity index (χ4v) is 3.27. The number of benzene rings is 3. The molecule has 0 aliphatic carbocycles. The molecule has 0 bridgehead atoms. The number of hydrogen-bond donors (Lipinski definition) is 2. The fourth-order valence-electron chi connectivity index (χ4n) is 3.27. The molecular formula is C24H25NO6. The Morgan fingerprint density at radius 3 is 1.90 bits per heavy atom. The molecule has 162 valence electrons. The first-order valence-corrected chi connectivity index (χ1v) is 9.93. The molecule has 0 aliphatic rings. The van der Waals surface area contributed by atoms with Gasteiger partial charge in [0.05, 0.1) is 36.9 Å². The average molecular weight is 423 g/mol. The van der Waals surface area contributed by atoms with E-state index >= 15 is 0 Å². The van der Waals surface area contributed by atoms with Gasteiger partial charge < -0.3 is 19.7 Å². The third-order valence-electron chi connectivity index (χ3n) is 4.84. The molecule has 7 heteroatoms. The van der Waals surface area contributed by atoms with E-state index in [9.17, 15) is 20.3 Å². The molecule has 2 N–H and O–H groups in total. The molecule has 31 heavy (non-hydrogen) atoms. The zero-order chi connectivity index (χ0) is 22.1. The van der Waals surface area contributed by atoms with Gasteiger partial charge >= 0.3 is 0 Å². The molecule has 0 saturated heterocycles. The fraction of sp³-hybridized carbons (Fsp3) is 0.250. The highest BCUT2D eigenvalue weighted by atomic mass is 16.6. The van der Waals surface area contributed by atoms with Crippen LogP contribution in [0.25, 0.3) is 0 Å². The molecule has 3 aromatic carbocycles. The molecule has 0 aromatic heterocycles.